The molecular weight excluding hydrogens is 311 g/mol. The Morgan fingerprint density at radius 2 is 1.90 bits per heavy atom. The maximum absolute atomic E-state index is 12.0. The molecule has 6 heteroatoms. The van der Waals surface area contributed by atoms with Gasteiger partial charge in [-0.3, -0.25) is 4.79 Å². The second kappa shape index (κ2) is 7.99. The summed E-state index contributed by atoms with van der Waals surface area (Å²) in [6.07, 6.45) is 2.40. The Kier molecular flexibility index (Phi) is 6.30. The average Bonchev–Trinajstić information content (AvgIpc) is 2.49. The van der Waals surface area contributed by atoms with Crippen molar-refractivity contribution in [1.82, 2.24) is 4.90 Å². The summed E-state index contributed by atoms with van der Waals surface area (Å²) >= 11 is 12.0. The molecule has 0 bridgehead atoms. The highest BCUT2D eigenvalue weighted by Crippen LogP contribution is 2.29. The largest absolute Gasteiger partial charge is 0.396 e. The lowest BCUT2D eigenvalue weighted by molar-refractivity contribution is -0.116. The molecule has 1 heterocycles. The fourth-order valence-corrected chi connectivity index (χ4v) is 2.96. The molecule has 116 valence electrons. The van der Waals surface area contributed by atoms with Gasteiger partial charge < -0.3 is 15.3 Å². The lowest BCUT2D eigenvalue weighted by Crippen LogP contribution is -2.36. The van der Waals surface area contributed by atoms with Crippen molar-refractivity contribution in [3.05, 3.63) is 28.2 Å². The van der Waals surface area contributed by atoms with Crippen LogP contribution in [-0.4, -0.2) is 42.2 Å². The molecule has 0 atom stereocenters. The van der Waals surface area contributed by atoms with E-state index in [1.165, 1.54) is 0 Å². The molecule has 1 amide bonds. The topological polar surface area (TPSA) is 52.6 Å². The van der Waals surface area contributed by atoms with Gasteiger partial charge in [0.25, 0.3) is 0 Å². The molecule has 21 heavy (non-hydrogen) atoms. The van der Waals surface area contributed by atoms with E-state index in [0.29, 0.717) is 34.6 Å². The van der Waals surface area contributed by atoms with Crippen molar-refractivity contribution in [2.75, 3.05) is 31.6 Å². The minimum Gasteiger partial charge on any atom is -0.396 e. The highest BCUT2D eigenvalue weighted by Gasteiger charge is 2.19. The Morgan fingerprint density at radius 3 is 2.48 bits per heavy atom. The van der Waals surface area contributed by atoms with E-state index in [9.17, 15) is 4.79 Å². The second-order valence-electron chi connectivity index (χ2n) is 5.36. The monoisotopic (exact) mass is 330 g/mol. The minimum atomic E-state index is -0.0886. The SMILES string of the molecule is O=C(CCN1CCC(CO)CC1)Nc1c(Cl)cccc1Cl. The molecule has 4 nitrogen and oxygen atoms in total. The predicted octanol–water partition coefficient (Wildman–Crippen LogP) is 3.03. The van der Waals surface area contributed by atoms with Crippen LogP contribution < -0.4 is 5.32 Å². The van der Waals surface area contributed by atoms with Gasteiger partial charge in [0, 0.05) is 19.6 Å². The zero-order chi connectivity index (χ0) is 15.2. The van der Waals surface area contributed by atoms with Gasteiger partial charge in [-0.2, -0.15) is 0 Å². The number of rotatable bonds is 5. The third kappa shape index (κ3) is 4.85. The van der Waals surface area contributed by atoms with Gasteiger partial charge in [0.05, 0.1) is 15.7 Å². The van der Waals surface area contributed by atoms with E-state index < -0.39 is 0 Å². The number of piperidine rings is 1. The first-order valence-electron chi connectivity index (χ1n) is 7.17. The molecule has 1 aliphatic heterocycles. The predicted molar refractivity (Wildman–Crippen MR) is 86.0 cm³/mol. The van der Waals surface area contributed by atoms with Crippen LogP contribution in [0.5, 0.6) is 0 Å². The number of anilines is 1. The number of amides is 1. The number of para-hydroxylation sites is 1. The first-order valence-corrected chi connectivity index (χ1v) is 7.93. The summed E-state index contributed by atoms with van der Waals surface area (Å²) < 4.78 is 0. The minimum absolute atomic E-state index is 0.0886. The third-order valence-electron chi connectivity index (χ3n) is 3.85. The number of aliphatic hydroxyl groups is 1. The number of halogens is 2. The van der Waals surface area contributed by atoms with Crippen molar-refractivity contribution in [3.8, 4) is 0 Å². The van der Waals surface area contributed by atoms with E-state index in [1.807, 2.05) is 0 Å². The van der Waals surface area contributed by atoms with Crippen LogP contribution in [0.25, 0.3) is 0 Å². The van der Waals surface area contributed by atoms with Gasteiger partial charge in [-0.15, -0.1) is 0 Å². The summed E-state index contributed by atoms with van der Waals surface area (Å²) in [4.78, 5) is 14.2. The molecule has 1 fully saturated rings. The van der Waals surface area contributed by atoms with Gasteiger partial charge >= 0.3 is 0 Å². The van der Waals surface area contributed by atoms with Crippen LogP contribution >= 0.6 is 23.2 Å². The molecule has 0 aromatic heterocycles. The van der Waals surface area contributed by atoms with Crippen LogP contribution in [0.3, 0.4) is 0 Å². The molecule has 1 saturated heterocycles. The molecule has 0 saturated carbocycles. The second-order valence-corrected chi connectivity index (χ2v) is 6.18. The van der Waals surface area contributed by atoms with Crippen LogP contribution in [0.4, 0.5) is 5.69 Å². The quantitative estimate of drug-likeness (QED) is 0.872. The fourth-order valence-electron chi connectivity index (χ4n) is 2.47. The van der Waals surface area contributed by atoms with Gasteiger partial charge in [-0.25, -0.2) is 0 Å². The number of hydrogen-bond donors (Lipinski definition) is 2. The highest BCUT2D eigenvalue weighted by atomic mass is 35.5. The average molecular weight is 331 g/mol. The van der Waals surface area contributed by atoms with Crippen molar-refractivity contribution in [1.29, 1.82) is 0 Å². The van der Waals surface area contributed by atoms with E-state index in [0.717, 1.165) is 25.9 Å². The summed E-state index contributed by atoms with van der Waals surface area (Å²) in [6.45, 7) is 2.85. The first kappa shape index (κ1) is 16.6. The summed E-state index contributed by atoms with van der Waals surface area (Å²) in [5, 5.41) is 12.8. The van der Waals surface area contributed by atoms with Crippen molar-refractivity contribution in [3.63, 3.8) is 0 Å². The van der Waals surface area contributed by atoms with E-state index in [4.69, 9.17) is 28.3 Å². The lowest BCUT2D eigenvalue weighted by Gasteiger charge is -2.30. The van der Waals surface area contributed by atoms with E-state index >= 15 is 0 Å². The number of aliphatic hydroxyl groups excluding tert-OH is 1. The molecule has 1 aromatic carbocycles. The Hall–Kier alpha value is -0.810. The zero-order valence-corrected chi connectivity index (χ0v) is 13.3. The molecule has 1 aromatic rings. The standard InChI is InChI=1S/C15H20Cl2N2O2/c16-12-2-1-3-13(17)15(12)18-14(21)6-9-19-7-4-11(10-20)5-8-19/h1-3,11,20H,4-10H2,(H,18,21). The first-order chi connectivity index (χ1) is 10.1. The van der Waals surface area contributed by atoms with Crippen LogP contribution in [-0.2, 0) is 4.79 Å². The van der Waals surface area contributed by atoms with Crippen LogP contribution in [0.1, 0.15) is 19.3 Å². The molecule has 0 unspecified atom stereocenters. The smallest absolute Gasteiger partial charge is 0.225 e. The molecule has 0 spiro atoms. The summed E-state index contributed by atoms with van der Waals surface area (Å²) in [7, 11) is 0. The van der Waals surface area contributed by atoms with Gasteiger partial charge in [0.1, 0.15) is 0 Å². The Labute approximate surface area is 135 Å². The van der Waals surface area contributed by atoms with E-state index in [-0.39, 0.29) is 12.5 Å². The molecular formula is C15H20Cl2N2O2. The van der Waals surface area contributed by atoms with Gasteiger partial charge in [-0.05, 0) is 44.0 Å². The molecule has 2 N–H and O–H groups in total. The van der Waals surface area contributed by atoms with Crippen LogP contribution in [0.15, 0.2) is 18.2 Å². The summed E-state index contributed by atoms with van der Waals surface area (Å²) in [5.41, 5.74) is 0.477. The van der Waals surface area contributed by atoms with Crippen LogP contribution in [0.2, 0.25) is 10.0 Å². The lowest BCUT2D eigenvalue weighted by atomic mass is 9.98. The third-order valence-corrected chi connectivity index (χ3v) is 4.48. The maximum Gasteiger partial charge on any atom is 0.225 e. The molecule has 0 aliphatic carbocycles. The van der Waals surface area contributed by atoms with Gasteiger partial charge in [0.15, 0.2) is 0 Å². The summed E-state index contributed by atoms with van der Waals surface area (Å²) in [5.74, 6) is 0.325. The molecule has 1 aliphatic rings. The number of carbonyl (C=O) groups excluding carboxylic acids is 1. The van der Waals surface area contributed by atoms with Crippen LogP contribution in [0, 0.1) is 5.92 Å². The Bertz CT molecular complexity index is 468. The van der Waals surface area contributed by atoms with Crippen molar-refractivity contribution < 1.29 is 9.90 Å². The number of carbonyl (C=O) groups is 1. The normalized spacial score (nSPS) is 16.9. The molecule has 2 rings (SSSR count). The Balaban J connectivity index is 1.78. The van der Waals surface area contributed by atoms with Gasteiger partial charge in [0.2, 0.25) is 5.91 Å². The van der Waals surface area contributed by atoms with Crippen molar-refractivity contribution in [2.24, 2.45) is 5.92 Å². The Morgan fingerprint density at radius 1 is 1.29 bits per heavy atom. The van der Waals surface area contributed by atoms with Crippen molar-refractivity contribution >= 4 is 34.8 Å². The van der Waals surface area contributed by atoms with E-state index in [1.54, 1.807) is 18.2 Å². The maximum atomic E-state index is 12.0. The number of hydrogen-bond acceptors (Lipinski definition) is 3. The summed E-state index contributed by atoms with van der Waals surface area (Å²) in [6, 6.07) is 5.14. The number of likely N-dealkylation sites (tertiary alicyclic amines) is 1. The number of benzene rings is 1. The van der Waals surface area contributed by atoms with Crippen molar-refractivity contribution in [2.45, 2.75) is 19.3 Å². The van der Waals surface area contributed by atoms with Gasteiger partial charge in [-0.1, -0.05) is 29.3 Å². The van der Waals surface area contributed by atoms with E-state index in [2.05, 4.69) is 10.2 Å². The number of nitrogens with zero attached hydrogens (tertiary/aromatic N) is 1. The number of nitrogens with one attached hydrogen (secondary N) is 1. The zero-order valence-electron chi connectivity index (χ0n) is 11.8. The fraction of sp³-hybridized carbons (Fsp3) is 0.533. The molecule has 0 radical (unpaired) electrons. The highest BCUT2D eigenvalue weighted by molar-refractivity contribution is 6.39.